The standard InChI is InChI=1S/C10H18N2O4S/c11-17(14,15)9-2-1-4-12(6-9)10(13)8-3-5-16-7-8/h8-9H,1-7H2,(H2,11,14,15). The van der Waals surface area contributed by atoms with Crippen LogP contribution in [0.5, 0.6) is 0 Å². The molecular weight excluding hydrogens is 244 g/mol. The summed E-state index contributed by atoms with van der Waals surface area (Å²) in [7, 11) is -3.54. The lowest BCUT2D eigenvalue weighted by molar-refractivity contribution is -0.136. The average molecular weight is 262 g/mol. The van der Waals surface area contributed by atoms with E-state index < -0.39 is 15.3 Å². The summed E-state index contributed by atoms with van der Waals surface area (Å²) >= 11 is 0. The molecule has 0 aromatic carbocycles. The molecule has 0 spiro atoms. The predicted octanol–water partition coefficient (Wildman–Crippen LogP) is -0.698. The Morgan fingerprint density at radius 1 is 1.35 bits per heavy atom. The number of carbonyl (C=O) groups excluding carboxylic acids is 1. The summed E-state index contributed by atoms with van der Waals surface area (Å²) in [5, 5.41) is 4.53. The topological polar surface area (TPSA) is 89.7 Å². The smallest absolute Gasteiger partial charge is 0.228 e. The SMILES string of the molecule is NS(=O)(=O)C1CCCN(C(=O)C2CCOC2)C1. The van der Waals surface area contributed by atoms with Gasteiger partial charge in [-0.25, -0.2) is 13.6 Å². The summed E-state index contributed by atoms with van der Waals surface area (Å²) in [6.45, 7) is 1.92. The van der Waals surface area contributed by atoms with Crippen LogP contribution < -0.4 is 5.14 Å². The van der Waals surface area contributed by atoms with Gasteiger partial charge in [-0.05, 0) is 19.3 Å². The van der Waals surface area contributed by atoms with Crippen LogP contribution in [0.4, 0.5) is 0 Å². The van der Waals surface area contributed by atoms with Gasteiger partial charge in [0.05, 0.1) is 17.8 Å². The summed E-state index contributed by atoms with van der Waals surface area (Å²) in [6.07, 6.45) is 1.97. The molecule has 2 saturated heterocycles. The van der Waals surface area contributed by atoms with Gasteiger partial charge in [0.1, 0.15) is 0 Å². The first kappa shape index (κ1) is 12.8. The largest absolute Gasteiger partial charge is 0.381 e. The van der Waals surface area contributed by atoms with Gasteiger partial charge >= 0.3 is 0 Å². The van der Waals surface area contributed by atoms with E-state index in [1.807, 2.05) is 0 Å². The fourth-order valence-electron chi connectivity index (χ4n) is 2.39. The molecule has 0 bridgehead atoms. The zero-order valence-corrected chi connectivity index (χ0v) is 10.5. The van der Waals surface area contributed by atoms with Crippen molar-refractivity contribution in [3.05, 3.63) is 0 Å². The molecule has 17 heavy (non-hydrogen) atoms. The summed E-state index contributed by atoms with van der Waals surface area (Å²) < 4.78 is 27.8. The minimum atomic E-state index is -3.54. The number of nitrogens with zero attached hydrogens (tertiary/aromatic N) is 1. The monoisotopic (exact) mass is 262 g/mol. The Bertz CT molecular complexity index is 389. The van der Waals surface area contributed by atoms with Crippen molar-refractivity contribution in [2.75, 3.05) is 26.3 Å². The molecule has 98 valence electrons. The van der Waals surface area contributed by atoms with Gasteiger partial charge in [0.25, 0.3) is 0 Å². The quantitative estimate of drug-likeness (QED) is 0.712. The summed E-state index contributed by atoms with van der Waals surface area (Å²) in [5.41, 5.74) is 0. The maximum atomic E-state index is 12.1. The highest BCUT2D eigenvalue weighted by Gasteiger charge is 2.34. The molecule has 0 aromatic heterocycles. The lowest BCUT2D eigenvalue weighted by atomic mass is 10.0. The third kappa shape index (κ3) is 2.97. The fraction of sp³-hybridized carbons (Fsp3) is 0.900. The second kappa shape index (κ2) is 4.91. The zero-order chi connectivity index (χ0) is 12.5. The van der Waals surface area contributed by atoms with Crippen molar-refractivity contribution < 1.29 is 17.9 Å². The van der Waals surface area contributed by atoms with Crippen molar-refractivity contribution in [2.24, 2.45) is 11.1 Å². The molecular formula is C10H18N2O4S. The molecule has 2 fully saturated rings. The third-order valence-corrected chi connectivity index (χ3v) is 4.75. The van der Waals surface area contributed by atoms with E-state index in [2.05, 4.69) is 0 Å². The van der Waals surface area contributed by atoms with E-state index in [1.54, 1.807) is 4.90 Å². The van der Waals surface area contributed by atoms with E-state index in [1.165, 1.54) is 0 Å². The predicted molar refractivity (Wildman–Crippen MR) is 61.6 cm³/mol. The van der Waals surface area contributed by atoms with Crippen LogP contribution in [0.25, 0.3) is 0 Å². The Labute approximate surface area is 101 Å². The average Bonchev–Trinajstić information content (AvgIpc) is 2.80. The van der Waals surface area contributed by atoms with Crippen molar-refractivity contribution in [1.29, 1.82) is 0 Å². The van der Waals surface area contributed by atoms with Crippen LogP contribution in [0.3, 0.4) is 0 Å². The molecule has 7 heteroatoms. The van der Waals surface area contributed by atoms with Crippen molar-refractivity contribution in [2.45, 2.75) is 24.5 Å². The maximum absolute atomic E-state index is 12.1. The maximum Gasteiger partial charge on any atom is 0.228 e. The molecule has 2 N–H and O–H groups in total. The molecule has 0 aliphatic carbocycles. The number of amides is 1. The van der Waals surface area contributed by atoms with Crippen molar-refractivity contribution in [1.82, 2.24) is 4.90 Å². The number of hydrogen-bond donors (Lipinski definition) is 1. The number of primary sulfonamides is 1. The van der Waals surface area contributed by atoms with Crippen LogP contribution in [0.1, 0.15) is 19.3 Å². The first-order valence-electron chi connectivity index (χ1n) is 5.86. The highest BCUT2D eigenvalue weighted by Crippen LogP contribution is 2.21. The fourth-order valence-corrected chi connectivity index (χ4v) is 3.28. The van der Waals surface area contributed by atoms with Gasteiger partial charge in [-0.15, -0.1) is 0 Å². The molecule has 2 rings (SSSR count). The molecule has 2 heterocycles. The van der Waals surface area contributed by atoms with Crippen molar-refractivity contribution >= 4 is 15.9 Å². The first-order chi connectivity index (χ1) is 7.98. The van der Waals surface area contributed by atoms with Crippen LogP contribution >= 0.6 is 0 Å². The van der Waals surface area contributed by atoms with Crippen LogP contribution in [-0.4, -0.2) is 50.8 Å². The lowest BCUT2D eigenvalue weighted by Crippen LogP contribution is -2.48. The summed E-state index contributed by atoms with van der Waals surface area (Å²) in [4.78, 5) is 13.7. The lowest BCUT2D eigenvalue weighted by Gasteiger charge is -2.32. The number of rotatable bonds is 2. The first-order valence-corrected chi connectivity index (χ1v) is 7.47. The van der Waals surface area contributed by atoms with Gasteiger partial charge in [-0.1, -0.05) is 0 Å². The number of hydrogen-bond acceptors (Lipinski definition) is 4. The number of nitrogens with two attached hydrogens (primary N) is 1. The van der Waals surface area contributed by atoms with E-state index in [0.717, 1.165) is 6.42 Å². The van der Waals surface area contributed by atoms with E-state index in [0.29, 0.717) is 32.6 Å². The third-order valence-electron chi connectivity index (χ3n) is 3.43. The van der Waals surface area contributed by atoms with E-state index >= 15 is 0 Å². The summed E-state index contributed by atoms with van der Waals surface area (Å²) in [6, 6.07) is 0. The Morgan fingerprint density at radius 2 is 2.12 bits per heavy atom. The van der Waals surface area contributed by atoms with E-state index in [4.69, 9.17) is 9.88 Å². The molecule has 0 radical (unpaired) electrons. The number of carbonyl (C=O) groups is 1. The van der Waals surface area contributed by atoms with Gasteiger partial charge in [0.15, 0.2) is 0 Å². The number of ether oxygens (including phenoxy) is 1. The van der Waals surface area contributed by atoms with Crippen LogP contribution in [0, 0.1) is 5.92 Å². The van der Waals surface area contributed by atoms with E-state index in [9.17, 15) is 13.2 Å². The van der Waals surface area contributed by atoms with Gasteiger partial charge < -0.3 is 9.64 Å². The molecule has 0 aromatic rings. The van der Waals surface area contributed by atoms with Crippen molar-refractivity contribution in [3.8, 4) is 0 Å². The van der Waals surface area contributed by atoms with Crippen LogP contribution in [0.15, 0.2) is 0 Å². The Hall–Kier alpha value is -0.660. The van der Waals surface area contributed by atoms with Crippen LogP contribution in [-0.2, 0) is 19.6 Å². The molecule has 0 saturated carbocycles. The normalized spacial score (nSPS) is 30.5. The molecule has 2 unspecified atom stereocenters. The molecule has 1 amide bonds. The Balaban J connectivity index is 1.99. The molecule has 2 atom stereocenters. The molecule has 2 aliphatic rings. The molecule has 2 aliphatic heterocycles. The van der Waals surface area contributed by atoms with Gasteiger partial charge in [-0.2, -0.15) is 0 Å². The number of sulfonamides is 1. The van der Waals surface area contributed by atoms with E-state index in [-0.39, 0.29) is 18.4 Å². The number of likely N-dealkylation sites (tertiary alicyclic amines) is 1. The Kier molecular flexibility index (Phi) is 3.70. The van der Waals surface area contributed by atoms with Gasteiger partial charge in [0.2, 0.25) is 15.9 Å². The van der Waals surface area contributed by atoms with Gasteiger partial charge in [0, 0.05) is 19.7 Å². The Morgan fingerprint density at radius 3 is 2.71 bits per heavy atom. The second-order valence-electron chi connectivity index (χ2n) is 4.70. The minimum Gasteiger partial charge on any atom is -0.381 e. The highest BCUT2D eigenvalue weighted by atomic mass is 32.2. The highest BCUT2D eigenvalue weighted by molar-refractivity contribution is 7.89. The minimum absolute atomic E-state index is 0.0100. The van der Waals surface area contributed by atoms with Crippen molar-refractivity contribution in [3.63, 3.8) is 0 Å². The number of piperidine rings is 1. The van der Waals surface area contributed by atoms with Crippen LogP contribution in [0.2, 0.25) is 0 Å². The zero-order valence-electron chi connectivity index (χ0n) is 9.67. The summed E-state index contributed by atoms with van der Waals surface area (Å²) in [5.74, 6) is -0.0925. The second-order valence-corrected chi connectivity index (χ2v) is 6.54. The van der Waals surface area contributed by atoms with Gasteiger partial charge in [-0.3, -0.25) is 4.79 Å². The molecule has 6 nitrogen and oxygen atoms in total.